The van der Waals surface area contributed by atoms with E-state index in [0.29, 0.717) is 6.07 Å². The number of nitrogens with two attached hydrogens (primary N) is 1. The van der Waals surface area contributed by atoms with Gasteiger partial charge in [-0.3, -0.25) is 0 Å². The fourth-order valence-electron chi connectivity index (χ4n) is 1.56. The van der Waals surface area contributed by atoms with Crippen molar-refractivity contribution in [1.29, 1.82) is 0 Å². The molecule has 0 heterocycles. The van der Waals surface area contributed by atoms with Gasteiger partial charge in [0.05, 0.1) is 0 Å². The van der Waals surface area contributed by atoms with Crippen molar-refractivity contribution < 1.29 is 31.4 Å². The normalized spacial score (nSPS) is 13.8. The van der Waals surface area contributed by atoms with Crippen LogP contribution in [0.2, 0.25) is 0 Å². The van der Waals surface area contributed by atoms with E-state index in [1.807, 2.05) is 0 Å². The zero-order valence-corrected chi connectivity index (χ0v) is 9.02. The average molecular weight is 273 g/mol. The van der Waals surface area contributed by atoms with Crippen LogP contribution in [0.15, 0.2) is 18.2 Å². The van der Waals surface area contributed by atoms with Crippen molar-refractivity contribution in [2.75, 3.05) is 5.73 Å². The topological polar surface area (TPSA) is 46.2 Å². The van der Waals surface area contributed by atoms with Gasteiger partial charge in [0.2, 0.25) is 0 Å². The fraction of sp³-hybridized carbons (Fsp3) is 0.400. The van der Waals surface area contributed by atoms with Gasteiger partial charge in [-0.15, -0.1) is 0 Å². The van der Waals surface area contributed by atoms with Gasteiger partial charge in [-0.05, 0) is 24.6 Å². The Hall–Kier alpha value is -1.44. The third-order valence-electron chi connectivity index (χ3n) is 2.46. The van der Waals surface area contributed by atoms with E-state index in [0.717, 1.165) is 19.1 Å². The van der Waals surface area contributed by atoms with Crippen LogP contribution in [0.5, 0.6) is 0 Å². The molecule has 102 valence electrons. The highest BCUT2D eigenvalue weighted by Crippen LogP contribution is 2.50. The van der Waals surface area contributed by atoms with Crippen LogP contribution in [-0.4, -0.2) is 17.5 Å². The Bertz CT molecular complexity index is 437. The lowest BCUT2D eigenvalue weighted by Crippen LogP contribution is -2.54. The second-order valence-corrected chi connectivity index (χ2v) is 3.78. The lowest BCUT2D eigenvalue weighted by atomic mass is 9.88. The quantitative estimate of drug-likeness (QED) is 0.610. The second-order valence-electron chi connectivity index (χ2n) is 3.78. The Morgan fingerprint density at radius 1 is 1.00 bits per heavy atom. The highest BCUT2D eigenvalue weighted by atomic mass is 19.4. The van der Waals surface area contributed by atoms with E-state index in [-0.39, 0.29) is 5.69 Å². The molecule has 0 aliphatic rings. The molecule has 0 fully saturated rings. The summed E-state index contributed by atoms with van der Waals surface area (Å²) < 4.78 is 75.4. The summed E-state index contributed by atoms with van der Waals surface area (Å²) in [6.07, 6.45) is -11.8. The molecule has 1 rings (SSSR count). The molecule has 0 aliphatic carbocycles. The Morgan fingerprint density at radius 3 is 1.78 bits per heavy atom. The van der Waals surface area contributed by atoms with Crippen LogP contribution in [0.25, 0.3) is 0 Å². The van der Waals surface area contributed by atoms with Gasteiger partial charge in [0, 0.05) is 11.3 Å². The minimum atomic E-state index is -5.88. The third-order valence-corrected chi connectivity index (χ3v) is 2.46. The first-order chi connectivity index (χ1) is 7.91. The van der Waals surface area contributed by atoms with Gasteiger partial charge >= 0.3 is 12.4 Å². The summed E-state index contributed by atoms with van der Waals surface area (Å²) in [5, 5.41) is 9.14. The van der Waals surface area contributed by atoms with Crippen molar-refractivity contribution >= 4 is 5.69 Å². The molecule has 0 radical (unpaired) electrons. The Kier molecular flexibility index (Phi) is 3.28. The molecule has 0 aliphatic heterocycles. The second kappa shape index (κ2) is 4.04. The number of anilines is 1. The van der Waals surface area contributed by atoms with Crippen LogP contribution >= 0.6 is 0 Å². The number of hydrogen-bond acceptors (Lipinski definition) is 2. The first-order valence-electron chi connectivity index (χ1n) is 4.63. The first-order valence-corrected chi connectivity index (χ1v) is 4.63. The van der Waals surface area contributed by atoms with Crippen LogP contribution in [0, 0.1) is 6.92 Å². The van der Waals surface area contributed by atoms with E-state index in [4.69, 9.17) is 10.8 Å². The maximum atomic E-state index is 12.6. The smallest absolute Gasteiger partial charge is 0.399 e. The van der Waals surface area contributed by atoms with Crippen molar-refractivity contribution in [3.8, 4) is 0 Å². The van der Waals surface area contributed by atoms with Crippen molar-refractivity contribution in [3.63, 3.8) is 0 Å². The van der Waals surface area contributed by atoms with Crippen molar-refractivity contribution in [3.05, 3.63) is 29.3 Å². The number of hydrogen-bond donors (Lipinski definition) is 2. The number of halogens is 6. The highest BCUT2D eigenvalue weighted by Gasteiger charge is 2.71. The lowest BCUT2D eigenvalue weighted by molar-refractivity contribution is -0.376. The molecule has 3 N–H and O–H groups in total. The maximum absolute atomic E-state index is 12.6. The number of rotatable bonds is 1. The maximum Gasteiger partial charge on any atom is 0.430 e. The van der Waals surface area contributed by atoms with E-state index in [1.165, 1.54) is 0 Å². The predicted octanol–water partition coefficient (Wildman–Crippen LogP) is 2.89. The zero-order chi connectivity index (χ0) is 14.4. The average Bonchev–Trinajstić information content (AvgIpc) is 2.12. The molecule has 8 heteroatoms. The van der Waals surface area contributed by atoms with Gasteiger partial charge in [0.15, 0.2) is 0 Å². The number of aliphatic hydroxyl groups is 1. The summed E-state index contributed by atoms with van der Waals surface area (Å²) in [4.78, 5) is 0. The van der Waals surface area contributed by atoms with Gasteiger partial charge < -0.3 is 10.8 Å². The molecule has 2 nitrogen and oxygen atoms in total. The number of aryl methyl sites for hydroxylation is 1. The summed E-state index contributed by atoms with van der Waals surface area (Å²) in [7, 11) is 0. The molecule has 0 amide bonds. The SMILES string of the molecule is Cc1cc(N)ccc1C(O)(C(F)(F)F)C(F)(F)F. The van der Waals surface area contributed by atoms with E-state index in [1.54, 1.807) is 0 Å². The van der Waals surface area contributed by atoms with Gasteiger partial charge in [-0.25, -0.2) is 0 Å². The summed E-state index contributed by atoms with van der Waals surface area (Å²) in [5.41, 5.74) is -1.33. The summed E-state index contributed by atoms with van der Waals surface area (Å²) in [5.74, 6) is 0. The largest absolute Gasteiger partial charge is 0.430 e. The van der Waals surface area contributed by atoms with E-state index < -0.39 is 29.1 Å². The van der Waals surface area contributed by atoms with E-state index in [2.05, 4.69) is 0 Å². The predicted molar refractivity (Wildman–Crippen MR) is 51.6 cm³/mol. The number of nitrogen functional groups attached to an aromatic ring is 1. The van der Waals surface area contributed by atoms with Crippen LogP contribution in [-0.2, 0) is 5.60 Å². The lowest BCUT2D eigenvalue weighted by Gasteiger charge is -2.33. The van der Waals surface area contributed by atoms with Crippen molar-refractivity contribution in [1.82, 2.24) is 0 Å². The van der Waals surface area contributed by atoms with Crippen LogP contribution < -0.4 is 5.73 Å². The minimum absolute atomic E-state index is 0.00273. The van der Waals surface area contributed by atoms with Crippen molar-refractivity contribution in [2.24, 2.45) is 0 Å². The van der Waals surface area contributed by atoms with Gasteiger partial charge in [0.25, 0.3) is 5.60 Å². The van der Waals surface area contributed by atoms with Gasteiger partial charge in [-0.1, -0.05) is 6.07 Å². The Labute approximate surface area is 98.0 Å². The first kappa shape index (κ1) is 14.6. The van der Waals surface area contributed by atoms with E-state index in [9.17, 15) is 26.3 Å². The van der Waals surface area contributed by atoms with Crippen LogP contribution in [0.3, 0.4) is 0 Å². The fourth-order valence-corrected chi connectivity index (χ4v) is 1.56. The molecule has 0 bridgehead atoms. The van der Waals surface area contributed by atoms with Crippen LogP contribution in [0.4, 0.5) is 32.0 Å². The van der Waals surface area contributed by atoms with E-state index >= 15 is 0 Å². The summed E-state index contributed by atoms with van der Waals surface area (Å²) in [6.45, 7) is 1.01. The molecule has 0 aromatic heterocycles. The Balaban J connectivity index is 3.56. The molecule has 0 spiro atoms. The molecule has 0 saturated heterocycles. The van der Waals surface area contributed by atoms with Gasteiger partial charge in [-0.2, -0.15) is 26.3 Å². The summed E-state index contributed by atoms with van der Waals surface area (Å²) in [6, 6.07) is 2.31. The van der Waals surface area contributed by atoms with Crippen molar-refractivity contribution in [2.45, 2.75) is 24.9 Å². The number of alkyl halides is 6. The zero-order valence-electron chi connectivity index (χ0n) is 9.02. The van der Waals surface area contributed by atoms with Gasteiger partial charge in [0.1, 0.15) is 0 Å². The molecule has 1 aromatic carbocycles. The third kappa shape index (κ3) is 2.12. The summed E-state index contributed by atoms with van der Waals surface area (Å²) >= 11 is 0. The Morgan fingerprint density at radius 2 is 1.44 bits per heavy atom. The monoisotopic (exact) mass is 273 g/mol. The standard InChI is InChI=1S/C10H9F6NO/c1-5-4-6(17)2-3-7(5)8(18,9(11,12)13)10(14,15)16/h2-4,18H,17H2,1H3. The minimum Gasteiger partial charge on any atom is -0.399 e. The molecule has 0 unspecified atom stereocenters. The highest BCUT2D eigenvalue weighted by molar-refractivity contribution is 5.47. The molecule has 1 aromatic rings. The van der Waals surface area contributed by atoms with Crippen LogP contribution in [0.1, 0.15) is 11.1 Å². The molecule has 0 atom stereocenters. The molecule has 0 saturated carbocycles. The molecule has 18 heavy (non-hydrogen) atoms. The molecular formula is C10H9F6NO. The molecular weight excluding hydrogens is 264 g/mol. The number of benzene rings is 1.